The van der Waals surface area contributed by atoms with E-state index in [4.69, 9.17) is 15.5 Å². The molecule has 0 aliphatic carbocycles. The number of nitrogens with zero attached hydrogens (tertiary/aromatic N) is 4. The first kappa shape index (κ1) is 23.9. The zero-order valence-corrected chi connectivity index (χ0v) is 19.6. The minimum atomic E-state index is 0.388. The predicted molar refractivity (Wildman–Crippen MR) is 136 cm³/mol. The number of nitrogens with two attached hydrogens (primary N) is 1. The number of morpholine rings is 1. The fourth-order valence-corrected chi connectivity index (χ4v) is 4.11. The van der Waals surface area contributed by atoms with Crippen molar-refractivity contribution in [1.82, 2.24) is 5.32 Å². The molecule has 3 N–H and O–H groups in total. The molecule has 3 rings (SSSR count). The van der Waals surface area contributed by atoms with E-state index in [0.717, 1.165) is 62.7 Å². The minimum absolute atomic E-state index is 0.388. The molecule has 1 aromatic rings. The van der Waals surface area contributed by atoms with E-state index in [9.17, 15) is 0 Å². The SMILES string of the molecule is C=C/N=C1/C(NCC(CN)CCC)=NC(c2ccc(N3CCOCC3)c(C)c2)=C/C1=N/C. The molecule has 1 unspecified atom stereocenters. The summed E-state index contributed by atoms with van der Waals surface area (Å²) in [5.41, 5.74) is 11.8. The van der Waals surface area contributed by atoms with Crippen molar-refractivity contribution in [1.29, 1.82) is 0 Å². The molecule has 0 saturated carbocycles. The van der Waals surface area contributed by atoms with E-state index in [2.05, 4.69) is 58.8 Å². The fourth-order valence-electron chi connectivity index (χ4n) is 4.11. The summed E-state index contributed by atoms with van der Waals surface area (Å²) in [6, 6.07) is 6.51. The van der Waals surface area contributed by atoms with Crippen molar-refractivity contribution in [2.24, 2.45) is 26.6 Å². The molecule has 0 bridgehead atoms. The maximum absolute atomic E-state index is 5.96. The number of hydrogen-bond acceptors (Lipinski definition) is 7. The Balaban J connectivity index is 1.90. The Hall–Kier alpha value is -2.77. The molecule has 0 radical (unpaired) electrons. The topological polar surface area (TPSA) is 87.6 Å². The van der Waals surface area contributed by atoms with Gasteiger partial charge in [0, 0.05) is 44.1 Å². The molecule has 1 atom stereocenters. The Morgan fingerprint density at radius 3 is 2.75 bits per heavy atom. The van der Waals surface area contributed by atoms with Crippen LogP contribution in [0.15, 0.2) is 52.0 Å². The average molecular weight is 437 g/mol. The minimum Gasteiger partial charge on any atom is -0.378 e. The van der Waals surface area contributed by atoms with Crippen molar-refractivity contribution in [2.45, 2.75) is 26.7 Å². The number of aryl methyl sites for hydroxylation is 1. The second kappa shape index (κ2) is 11.7. The normalized spacial score (nSPS) is 20.2. The summed E-state index contributed by atoms with van der Waals surface area (Å²) in [6.45, 7) is 12.9. The molecular formula is C25H36N6O. The highest BCUT2D eigenvalue weighted by Gasteiger charge is 2.22. The van der Waals surface area contributed by atoms with Gasteiger partial charge in [0.1, 0.15) is 5.71 Å². The Morgan fingerprint density at radius 1 is 1.34 bits per heavy atom. The van der Waals surface area contributed by atoms with Crippen LogP contribution < -0.4 is 16.0 Å². The standard InChI is InChI=1S/C25H36N6O/c1-5-7-19(16-26)17-29-25-24(28-6-2)22(27-4)15-21(30-25)20-8-9-23(18(3)14-20)31-10-12-32-13-11-31/h6,8-9,14-15,19H,2,5,7,10-13,16-17,26H2,1,3-4H3,(H,29,30)/b27-22-,28-24+. The van der Waals surface area contributed by atoms with Crippen molar-refractivity contribution < 1.29 is 4.74 Å². The largest absolute Gasteiger partial charge is 0.378 e. The molecule has 32 heavy (non-hydrogen) atoms. The summed E-state index contributed by atoms with van der Waals surface area (Å²) < 4.78 is 5.49. The zero-order chi connectivity index (χ0) is 22.9. The van der Waals surface area contributed by atoms with Crippen LogP contribution in [-0.2, 0) is 4.74 Å². The Bertz CT molecular complexity index is 924. The van der Waals surface area contributed by atoms with E-state index < -0.39 is 0 Å². The van der Waals surface area contributed by atoms with E-state index in [1.54, 1.807) is 7.05 Å². The van der Waals surface area contributed by atoms with Gasteiger partial charge in [0.2, 0.25) is 0 Å². The third-order valence-corrected chi connectivity index (χ3v) is 5.87. The predicted octanol–water partition coefficient (Wildman–Crippen LogP) is 3.20. The first-order valence-corrected chi connectivity index (χ1v) is 11.5. The first-order chi connectivity index (χ1) is 15.6. The highest BCUT2D eigenvalue weighted by Crippen LogP contribution is 2.27. The summed E-state index contributed by atoms with van der Waals surface area (Å²) in [6.07, 6.45) is 5.70. The highest BCUT2D eigenvalue weighted by atomic mass is 16.5. The summed E-state index contributed by atoms with van der Waals surface area (Å²) in [7, 11) is 1.78. The first-order valence-electron chi connectivity index (χ1n) is 11.5. The number of rotatable bonds is 8. The van der Waals surface area contributed by atoms with Crippen LogP contribution >= 0.6 is 0 Å². The van der Waals surface area contributed by atoms with Crippen LogP contribution in [0.4, 0.5) is 5.69 Å². The second-order valence-electron chi connectivity index (χ2n) is 8.13. The van der Waals surface area contributed by atoms with E-state index >= 15 is 0 Å². The van der Waals surface area contributed by atoms with Crippen LogP contribution in [0.5, 0.6) is 0 Å². The number of benzene rings is 1. The zero-order valence-electron chi connectivity index (χ0n) is 19.6. The van der Waals surface area contributed by atoms with Gasteiger partial charge in [0.05, 0.1) is 24.6 Å². The molecule has 1 saturated heterocycles. The summed E-state index contributed by atoms with van der Waals surface area (Å²) >= 11 is 0. The number of anilines is 1. The number of nitrogens with one attached hydrogen (secondary N) is 1. The maximum Gasteiger partial charge on any atom is 0.154 e. The van der Waals surface area contributed by atoms with Gasteiger partial charge < -0.3 is 20.7 Å². The smallest absolute Gasteiger partial charge is 0.154 e. The molecule has 0 aromatic heterocycles. The number of hydrogen-bond donors (Lipinski definition) is 2. The molecule has 1 aromatic carbocycles. The number of aliphatic imine (C=N–C) groups is 3. The number of amidine groups is 1. The van der Waals surface area contributed by atoms with Gasteiger partial charge in [-0.15, -0.1) is 0 Å². The Labute approximate surface area is 191 Å². The van der Waals surface area contributed by atoms with Crippen LogP contribution in [0.2, 0.25) is 0 Å². The average Bonchev–Trinajstić information content (AvgIpc) is 2.82. The lowest BCUT2D eigenvalue weighted by atomic mass is 10.0. The second-order valence-corrected chi connectivity index (χ2v) is 8.13. The molecule has 0 spiro atoms. The highest BCUT2D eigenvalue weighted by molar-refractivity contribution is 6.72. The fraction of sp³-hybridized carbons (Fsp3) is 0.480. The quantitative estimate of drug-likeness (QED) is 0.655. The number of ether oxygens (including phenoxy) is 1. The van der Waals surface area contributed by atoms with Crippen molar-refractivity contribution in [3.8, 4) is 0 Å². The van der Waals surface area contributed by atoms with Gasteiger partial charge in [-0.3, -0.25) is 9.98 Å². The van der Waals surface area contributed by atoms with Gasteiger partial charge in [0.15, 0.2) is 5.84 Å². The Kier molecular flexibility index (Phi) is 8.76. The van der Waals surface area contributed by atoms with Crippen molar-refractivity contribution >= 4 is 28.6 Å². The van der Waals surface area contributed by atoms with Crippen molar-refractivity contribution in [3.05, 3.63) is 48.2 Å². The van der Waals surface area contributed by atoms with E-state index in [0.29, 0.717) is 24.0 Å². The van der Waals surface area contributed by atoms with Gasteiger partial charge in [-0.2, -0.15) is 0 Å². The van der Waals surface area contributed by atoms with Gasteiger partial charge in [-0.05, 0) is 49.6 Å². The molecule has 172 valence electrons. The van der Waals surface area contributed by atoms with Crippen molar-refractivity contribution in [2.75, 3.05) is 51.3 Å². The monoisotopic (exact) mass is 436 g/mol. The van der Waals surface area contributed by atoms with Gasteiger partial charge in [-0.25, -0.2) is 4.99 Å². The lowest BCUT2D eigenvalue weighted by molar-refractivity contribution is 0.122. The van der Waals surface area contributed by atoms with Crippen molar-refractivity contribution in [3.63, 3.8) is 0 Å². The van der Waals surface area contributed by atoms with E-state index in [-0.39, 0.29) is 0 Å². The molecule has 2 aliphatic rings. The van der Waals surface area contributed by atoms with Crippen LogP contribution in [-0.4, -0.2) is 63.7 Å². The van der Waals surface area contributed by atoms with Gasteiger partial charge >= 0.3 is 0 Å². The third-order valence-electron chi connectivity index (χ3n) is 5.87. The summed E-state index contributed by atoms with van der Waals surface area (Å²) in [4.78, 5) is 16.2. The molecule has 0 amide bonds. The molecule has 2 heterocycles. The van der Waals surface area contributed by atoms with Crippen LogP contribution in [0.25, 0.3) is 5.70 Å². The van der Waals surface area contributed by atoms with Gasteiger partial charge in [-0.1, -0.05) is 26.0 Å². The van der Waals surface area contributed by atoms with Crippen LogP contribution in [0.1, 0.15) is 30.9 Å². The summed E-state index contributed by atoms with van der Waals surface area (Å²) in [5, 5.41) is 3.48. The molecule has 1 fully saturated rings. The van der Waals surface area contributed by atoms with Crippen LogP contribution in [0, 0.1) is 12.8 Å². The molecular weight excluding hydrogens is 400 g/mol. The molecule has 7 nitrogen and oxygen atoms in total. The third kappa shape index (κ3) is 5.72. The number of allylic oxidation sites excluding steroid dienone is 1. The lowest BCUT2D eigenvalue weighted by Gasteiger charge is -2.30. The summed E-state index contributed by atoms with van der Waals surface area (Å²) in [5.74, 6) is 1.10. The van der Waals surface area contributed by atoms with E-state index in [1.807, 2.05) is 6.08 Å². The molecule has 7 heteroatoms. The Morgan fingerprint density at radius 2 is 2.12 bits per heavy atom. The molecule has 2 aliphatic heterocycles. The van der Waals surface area contributed by atoms with Gasteiger partial charge in [0.25, 0.3) is 0 Å². The van der Waals surface area contributed by atoms with E-state index in [1.165, 1.54) is 17.5 Å². The lowest BCUT2D eigenvalue weighted by Crippen LogP contribution is -2.41. The maximum atomic E-state index is 5.96. The van der Waals surface area contributed by atoms with Crippen LogP contribution in [0.3, 0.4) is 0 Å².